The first-order chi connectivity index (χ1) is 9.43. The van der Waals surface area contributed by atoms with Crippen molar-refractivity contribution in [1.82, 2.24) is 15.6 Å². The minimum absolute atomic E-state index is 0. The molecule has 2 N–H and O–H groups in total. The summed E-state index contributed by atoms with van der Waals surface area (Å²) < 4.78 is 0. The molecular weight excluding hydrogens is 377 g/mol. The fourth-order valence-corrected chi connectivity index (χ4v) is 1.58. The van der Waals surface area contributed by atoms with Crippen molar-refractivity contribution in [2.24, 2.45) is 10.9 Å². The number of pyridine rings is 1. The van der Waals surface area contributed by atoms with Gasteiger partial charge < -0.3 is 15.5 Å². The van der Waals surface area contributed by atoms with Crippen molar-refractivity contribution < 1.29 is 0 Å². The van der Waals surface area contributed by atoms with Crippen LogP contribution in [0, 0.1) is 5.92 Å². The van der Waals surface area contributed by atoms with Crippen molar-refractivity contribution in [3.63, 3.8) is 0 Å². The van der Waals surface area contributed by atoms with Crippen LogP contribution in [0.5, 0.6) is 0 Å². The lowest BCUT2D eigenvalue weighted by Gasteiger charge is -2.21. The quantitative estimate of drug-likeness (QED) is 0.449. The Morgan fingerprint density at radius 2 is 2.00 bits per heavy atom. The molecular formula is C15H28IN5. The van der Waals surface area contributed by atoms with Crippen molar-refractivity contribution in [3.8, 4) is 0 Å². The van der Waals surface area contributed by atoms with Crippen LogP contribution in [-0.4, -0.2) is 38.1 Å². The smallest absolute Gasteiger partial charge is 0.191 e. The zero-order chi connectivity index (χ0) is 15.1. The second kappa shape index (κ2) is 9.81. The fraction of sp³-hybridized carbons (Fsp3) is 0.600. The molecule has 0 aliphatic rings. The van der Waals surface area contributed by atoms with E-state index in [1.165, 1.54) is 5.56 Å². The van der Waals surface area contributed by atoms with Crippen molar-refractivity contribution in [2.75, 3.05) is 26.0 Å². The summed E-state index contributed by atoms with van der Waals surface area (Å²) in [5, 5.41) is 6.72. The zero-order valence-electron chi connectivity index (χ0n) is 13.8. The van der Waals surface area contributed by atoms with Crippen LogP contribution in [0.4, 0.5) is 5.82 Å². The molecule has 0 aromatic carbocycles. The number of nitrogens with zero attached hydrogens (tertiary/aromatic N) is 3. The number of hydrogen-bond acceptors (Lipinski definition) is 3. The second-order valence-corrected chi connectivity index (χ2v) is 5.52. The first-order valence-electron chi connectivity index (χ1n) is 7.03. The number of aliphatic imine (C=N–C) groups is 1. The summed E-state index contributed by atoms with van der Waals surface area (Å²) in [5.74, 6) is 2.35. The van der Waals surface area contributed by atoms with E-state index < -0.39 is 0 Å². The summed E-state index contributed by atoms with van der Waals surface area (Å²) in [6, 6.07) is 4.47. The van der Waals surface area contributed by atoms with Crippen molar-refractivity contribution in [3.05, 3.63) is 23.9 Å². The molecule has 0 radical (unpaired) electrons. The van der Waals surface area contributed by atoms with Crippen LogP contribution in [0.2, 0.25) is 0 Å². The number of hydrogen-bond donors (Lipinski definition) is 2. The maximum atomic E-state index is 4.31. The van der Waals surface area contributed by atoms with Gasteiger partial charge in [0.1, 0.15) is 5.82 Å². The Bertz CT molecular complexity index is 445. The Morgan fingerprint density at radius 3 is 2.52 bits per heavy atom. The van der Waals surface area contributed by atoms with Gasteiger partial charge in [-0.3, -0.25) is 4.99 Å². The molecule has 0 aliphatic heterocycles. The molecule has 1 aromatic heterocycles. The molecule has 0 saturated heterocycles. The molecule has 1 unspecified atom stereocenters. The Hall–Kier alpha value is -1.05. The average molecular weight is 405 g/mol. The summed E-state index contributed by atoms with van der Waals surface area (Å²) in [7, 11) is 5.77. The van der Waals surface area contributed by atoms with E-state index in [2.05, 4.69) is 47.4 Å². The third-order valence-corrected chi connectivity index (χ3v) is 3.32. The van der Waals surface area contributed by atoms with Gasteiger partial charge in [-0.25, -0.2) is 4.98 Å². The topological polar surface area (TPSA) is 52.6 Å². The van der Waals surface area contributed by atoms with Crippen molar-refractivity contribution in [2.45, 2.75) is 33.4 Å². The highest BCUT2D eigenvalue weighted by molar-refractivity contribution is 14.0. The molecule has 1 atom stereocenters. The van der Waals surface area contributed by atoms with Gasteiger partial charge in [0.05, 0.1) is 0 Å². The third kappa shape index (κ3) is 6.97. The van der Waals surface area contributed by atoms with E-state index in [1.54, 1.807) is 7.05 Å². The van der Waals surface area contributed by atoms with Gasteiger partial charge in [-0.05, 0) is 30.5 Å². The van der Waals surface area contributed by atoms with Gasteiger partial charge in [0.15, 0.2) is 5.96 Å². The maximum absolute atomic E-state index is 4.31. The summed E-state index contributed by atoms with van der Waals surface area (Å²) in [6.45, 7) is 7.27. The lowest BCUT2D eigenvalue weighted by Crippen LogP contribution is -2.43. The van der Waals surface area contributed by atoms with E-state index in [4.69, 9.17) is 0 Å². The maximum Gasteiger partial charge on any atom is 0.191 e. The van der Waals surface area contributed by atoms with Gasteiger partial charge in [-0.15, -0.1) is 24.0 Å². The van der Waals surface area contributed by atoms with Crippen molar-refractivity contribution >= 4 is 35.8 Å². The van der Waals surface area contributed by atoms with Crippen molar-refractivity contribution in [1.29, 1.82) is 0 Å². The van der Waals surface area contributed by atoms with Crippen LogP contribution in [0.3, 0.4) is 0 Å². The summed E-state index contributed by atoms with van der Waals surface area (Å²) in [5.41, 5.74) is 1.18. The number of anilines is 1. The Balaban J connectivity index is 0.00000400. The van der Waals surface area contributed by atoms with E-state index in [0.717, 1.165) is 18.3 Å². The van der Waals surface area contributed by atoms with Gasteiger partial charge in [0.2, 0.25) is 0 Å². The molecule has 0 saturated carbocycles. The van der Waals surface area contributed by atoms with E-state index >= 15 is 0 Å². The monoisotopic (exact) mass is 405 g/mol. The molecule has 6 heteroatoms. The molecule has 21 heavy (non-hydrogen) atoms. The first kappa shape index (κ1) is 19.9. The molecule has 1 rings (SSSR count). The van der Waals surface area contributed by atoms with E-state index in [1.807, 2.05) is 31.3 Å². The first-order valence-corrected chi connectivity index (χ1v) is 7.03. The molecule has 0 amide bonds. The van der Waals surface area contributed by atoms with Crippen LogP contribution >= 0.6 is 24.0 Å². The highest BCUT2D eigenvalue weighted by Crippen LogP contribution is 2.09. The lowest BCUT2D eigenvalue weighted by molar-refractivity contribution is 0.481. The normalized spacial score (nSPS) is 12.6. The van der Waals surface area contributed by atoms with Gasteiger partial charge >= 0.3 is 0 Å². The highest BCUT2D eigenvalue weighted by Gasteiger charge is 2.08. The predicted octanol–water partition coefficient (Wildman–Crippen LogP) is 2.48. The van der Waals surface area contributed by atoms with E-state index in [9.17, 15) is 0 Å². The van der Waals surface area contributed by atoms with Crippen LogP contribution in [0.25, 0.3) is 0 Å². The van der Waals surface area contributed by atoms with Gasteiger partial charge in [-0.2, -0.15) is 0 Å². The molecule has 120 valence electrons. The number of nitrogens with one attached hydrogen (secondary N) is 2. The minimum atomic E-state index is 0. The second-order valence-electron chi connectivity index (χ2n) is 5.52. The number of rotatable bonds is 5. The summed E-state index contributed by atoms with van der Waals surface area (Å²) in [4.78, 5) is 10.6. The Labute approximate surface area is 145 Å². The van der Waals surface area contributed by atoms with E-state index in [0.29, 0.717) is 12.0 Å². The predicted molar refractivity (Wildman–Crippen MR) is 102 cm³/mol. The van der Waals surface area contributed by atoms with Crippen LogP contribution in [0.1, 0.15) is 26.3 Å². The summed E-state index contributed by atoms with van der Waals surface area (Å²) >= 11 is 0. The zero-order valence-corrected chi connectivity index (χ0v) is 16.2. The Morgan fingerprint density at radius 1 is 1.33 bits per heavy atom. The number of guanidine groups is 1. The van der Waals surface area contributed by atoms with Gasteiger partial charge in [0.25, 0.3) is 0 Å². The van der Waals surface area contributed by atoms with Gasteiger partial charge in [0, 0.05) is 39.9 Å². The molecule has 5 nitrogen and oxygen atoms in total. The Kier molecular flexibility index (Phi) is 9.32. The number of aromatic nitrogens is 1. The molecule has 0 fully saturated rings. The number of halogens is 1. The molecule has 0 spiro atoms. The molecule has 1 aromatic rings. The highest BCUT2D eigenvalue weighted by atomic mass is 127. The standard InChI is InChI=1S/C15H27N5.HI/c1-11(2)12(3)19-15(16-4)18-10-13-7-8-17-14(9-13)20(5)6;/h7-9,11-12H,10H2,1-6H3,(H2,16,18,19);1H. The minimum Gasteiger partial charge on any atom is -0.363 e. The average Bonchev–Trinajstić information content (AvgIpc) is 2.43. The van der Waals surface area contributed by atoms with Crippen LogP contribution in [0.15, 0.2) is 23.3 Å². The fourth-order valence-electron chi connectivity index (χ4n) is 1.58. The van der Waals surface area contributed by atoms with E-state index in [-0.39, 0.29) is 24.0 Å². The molecule has 0 aliphatic carbocycles. The summed E-state index contributed by atoms with van der Waals surface area (Å²) in [6.07, 6.45) is 1.83. The van der Waals surface area contributed by atoms with Crippen LogP contribution in [-0.2, 0) is 6.54 Å². The van der Waals surface area contributed by atoms with Crippen LogP contribution < -0.4 is 15.5 Å². The third-order valence-electron chi connectivity index (χ3n) is 3.32. The molecule has 0 bridgehead atoms. The van der Waals surface area contributed by atoms with Gasteiger partial charge in [-0.1, -0.05) is 13.8 Å². The largest absolute Gasteiger partial charge is 0.363 e. The SMILES string of the molecule is CN=C(NCc1ccnc(N(C)C)c1)NC(C)C(C)C.I. The molecule has 1 heterocycles. The lowest BCUT2D eigenvalue weighted by atomic mass is 10.1.